The molecule has 4 heteroatoms. The lowest BCUT2D eigenvalue weighted by atomic mass is 9.33. The van der Waals surface area contributed by atoms with Crippen LogP contribution < -0.4 is 31.1 Å². The molecule has 0 amide bonds. The first-order valence-electron chi connectivity index (χ1n) is 29.0. The van der Waals surface area contributed by atoms with Crippen LogP contribution in [-0.4, -0.2) is 6.71 Å². The highest BCUT2D eigenvalue weighted by atomic mass is 15.2. The van der Waals surface area contributed by atoms with Crippen molar-refractivity contribution in [3.05, 3.63) is 228 Å². The summed E-state index contributed by atoms with van der Waals surface area (Å²) >= 11 is 0. The molecule has 0 aromatic heterocycles. The summed E-state index contributed by atoms with van der Waals surface area (Å²) in [5.74, 6) is 0. The normalized spacial score (nSPS) is 13.6. The van der Waals surface area contributed by atoms with Gasteiger partial charge in [0.2, 0.25) is 0 Å². The van der Waals surface area contributed by atoms with E-state index in [9.17, 15) is 0 Å². The average Bonchev–Trinajstić information content (AvgIpc) is 3.18. The number of rotatable bonds is 6. The first kappa shape index (κ1) is 52.9. The van der Waals surface area contributed by atoms with Gasteiger partial charge in [0.15, 0.2) is 0 Å². The molecule has 2 aliphatic rings. The molecule has 0 radical (unpaired) electrons. The van der Waals surface area contributed by atoms with Gasteiger partial charge in [0.25, 0.3) is 6.71 Å². The molecule has 0 N–H and O–H groups in total. The average molecular weight is 1040 g/mol. The van der Waals surface area contributed by atoms with Crippen LogP contribution in [0.3, 0.4) is 0 Å². The molecule has 0 saturated heterocycles. The van der Waals surface area contributed by atoms with E-state index in [1.807, 2.05) is 0 Å². The molecule has 0 atom stereocenters. The molecular formula is C76H78BN3. The summed E-state index contributed by atoms with van der Waals surface area (Å²) in [6.45, 7) is 34.9. The van der Waals surface area contributed by atoms with E-state index in [0.29, 0.717) is 0 Å². The molecule has 12 rings (SSSR count). The number of nitrogens with zero attached hydrogens (tertiary/aromatic N) is 3. The number of fused-ring (bicyclic) bond motifs is 6. The third-order valence-corrected chi connectivity index (χ3v) is 17.2. The lowest BCUT2D eigenvalue weighted by Gasteiger charge is -2.46. The second-order valence-electron chi connectivity index (χ2n) is 28.1. The van der Waals surface area contributed by atoms with Gasteiger partial charge in [0.05, 0.1) is 11.4 Å². The fourth-order valence-corrected chi connectivity index (χ4v) is 12.4. The van der Waals surface area contributed by atoms with E-state index in [-0.39, 0.29) is 33.8 Å². The summed E-state index contributed by atoms with van der Waals surface area (Å²) in [5.41, 5.74) is 23.0. The summed E-state index contributed by atoms with van der Waals surface area (Å²) in [6.07, 6.45) is 0. The first-order chi connectivity index (χ1) is 37.8. The molecule has 80 heavy (non-hydrogen) atoms. The van der Waals surface area contributed by atoms with Gasteiger partial charge < -0.3 is 14.7 Å². The SMILES string of the molecule is CC(C)(C)c1ccc(-c2cc(C(C)(C)C)ccc2N2c3ccc(C(C)(C)C)cc3B3c4cc(C(C)(C)C)ccc4N(c4ccc(C(C)(C)C)cc4)c4cc(N(c5ccc6ccccc6c5)c5ccc6ccccc6c5)cc2c43)cc1. The smallest absolute Gasteiger partial charge is 0.252 e. The van der Waals surface area contributed by atoms with Crippen LogP contribution in [0.5, 0.6) is 0 Å². The van der Waals surface area contributed by atoms with E-state index in [1.54, 1.807) is 0 Å². The van der Waals surface area contributed by atoms with Crippen molar-refractivity contribution in [3.63, 3.8) is 0 Å². The Morgan fingerprint density at radius 1 is 0.300 bits per heavy atom. The molecule has 0 unspecified atom stereocenters. The fraction of sp³-hybridized carbons (Fsp3) is 0.263. The molecule has 0 fully saturated rings. The Morgan fingerprint density at radius 2 is 0.688 bits per heavy atom. The number of benzene rings is 10. The van der Waals surface area contributed by atoms with Crippen molar-refractivity contribution in [2.45, 2.75) is 131 Å². The molecule has 10 aromatic rings. The minimum atomic E-state index is -0.0903. The van der Waals surface area contributed by atoms with Crippen LogP contribution >= 0.6 is 0 Å². The Kier molecular flexibility index (Phi) is 12.5. The monoisotopic (exact) mass is 1040 g/mol. The molecular weight excluding hydrogens is 966 g/mol. The van der Waals surface area contributed by atoms with Crippen molar-refractivity contribution in [2.75, 3.05) is 14.7 Å². The van der Waals surface area contributed by atoms with E-state index in [2.05, 4.69) is 319 Å². The molecule has 2 aliphatic heterocycles. The van der Waals surface area contributed by atoms with E-state index in [4.69, 9.17) is 0 Å². The second kappa shape index (κ2) is 18.9. The number of hydrogen-bond donors (Lipinski definition) is 0. The van der Waals surface area contributed by atoms with Gasteiger partial charge >= 0.3 is 0 Å². The van der Waals surface area contributed by atoms with Crippen LogP contribution in [0.1, 0.15) is 132 Å². The van der Waals surface area contributed by atoms with Crippen molar-refractivity contribution in [1.82, 2.24) is 0 Å². The second-order valence-corrected chi connectivity index (χ2v) is 28.1. The summed E-state index contributed by atoms with van der Waals surface area (Å²) < 4.78 is 0. The number of anilines is 9. The lowest BCUT2D eigenvalue weighted by Crippen LogP contribution is -2.61. The van der Waals surface area contributed by atoms with Gasteiger partial charge in [-0.1, -0.05) is 231 Å². The molecule has 3 nitrogen and oxygen atoms in total. The van der Waals surface area contributed by atoms with Crippen LogP contribution in [0, 0.1) is 0 Å². The van der Waals surface area contributed by atoms with Gasteiger partial charge in [0, 0.05) is 45.4 Å². The van der Waals surface area contributed by atoms with Crippen molar-refractivity contribution >= 4 is 95.8 Å². The summed E-state index contributed by atoms with van der Waals surface area (Å²) in [7, 11) is 0. The van der Waals surface area contributed by atoms with E-state index < -0.39 is 0 Å². The Morgan fingerprint density at radius 3 is 1.15 bits per heavy atom. The van der Waals surface area contributed by atoms with Gasteiger partial charge in [-0.05, 0) is 171 Å². The zero-order valence-corrected chi connectivity index (χ0v) is 50.0. The maximum absolute atomic E-state index is 2.65. The van der Waals surface area contributed by atoms with Gasteiger partial charge in [0.1, 0.15) is 0 Å². The van der Waals surface area contributed by atoms with Crippen LogP contribution in [0.4, 0.5) is 51.2 Å². The molecule has 0 spiro atoms. The van der Waals surface area contributed by atoms with Gasteiger partial charge in [-0.3, -0.25) is 0 Å². The lowest BCUT2D eigenvalue weighted by molar-refractivity contribution is 0.590. The quantitative estimate of drug-likeness (QED) is 0.154. The maximum atomic E-state index is 2.65. The largest absolute Gasteiger partial charge is 0.311 e. The Bertz CT molecular complexity index is 3960. The summed E-state index contributed by atoms with van der Waals surface area (Å²) in [6, 6.07) is 77.4. The highest BCUT2D eigenvalue weighted by Crippen LogP contribution is 2.51. The highest BCUT2D eigenvalue weighted by molar-refractivity contribution is 7.00. The predicted molar refractivity (Wildman–Crippen MR) is 349 cm³/mol. The molecule has 400 valence electrons. The third kappa shape index (κ3) is 9.39. The molecule has 0 bridgehead atoms. The standard InChI is InChI=1S/C76H78BN3/c1-72(2,3)54-28-24-51(25-29-54)63-44-56(74(7,8)9)32-39-66(63)80-68-41-34-58(76(13,14)15)46-65(68)77-64-45-57(75(10,11)12)33-40-67(64)79(59-37-30-55(31-38-59)73(4,5)6)69-47-62(48-70(80)71(69)77)78(60-35-26-49-20-16-18-22-52(49)42-60)61-36-27-50-21-17-19-23-53(50)43-61/h16-48H,1-15H3. The van der Waals surface area contributed by atoms with Crippen molar-refractivity contribution in [1.29, 1.82) is 0 Å². The molecule has 0 saturated carbocycles. The Labute approximate surface area is 478 Å². The van der Waals surface area contributed by atoms with E-state index in [1.165, 1.54) is 99.6 Å². The third-order valence-electron chi connectivity index (χ3n) is 17.2. The number of hydrogen-bond acceptors (Lipinski definition) is 3. The van der Waals surface area contributed by atoms with Crippen LogP contribution in [0.15, 0.2) is 200 Å². The van der Waals surface area contributed by atoms with Crippen molar-refractivity contribution < 1.29 is 0 Å². The van der Waals surface area contributed by atoms with Crippen LogP contribution in [0.2, 0.25) is 0 Å². The molecule has 0 aliphatic carbocycles. The first-order valence-corrected chi connectivity index (χ1v) is 29.0. The summed E-state index contributed by atoms with van der Waals surface area (Å²) in [5, 5.41) is 4.83. The van der Waals surface area contributed by atoms with E-state index in [0.717, 1.165) is 28.4 Å². The van der Waals surface area contributed by atoms with Gasteiger partial charge in [-0.25, -0.2) is 0 Å². The predicted octanol–water partition coefficient (Wildman–Crippen LogP) is 19.7. The Hall–Kier alpha value is -7.82. The van der Waals surface area contributed by atoms with Crippen molar-refractivity contribution in [2.24, 2.45) is 0 Å². The van der Waals surface area contributed by atoms with Gasteiger partial charge in [-0.2, -0.15) is 0 Å². The van der Waals surface area contributed by atoms with Gasteiger partial charge in [-0.15, -0.1) is 0 Å². The fourth-order valence-electron chi connectivity index (χ4n) is 12.4. The van der Waals surface area contributed by atoms with E-state index >= 15 is 0 Å². The minimum absolute atomic E-state index is 0.00732. The Balaban J connectivity index is 1.24. The van der Waals surface area contributed by atoms with Crippen LogP contribution in [0.25, 0.3) is 32.7 Å². The zero-order valence-electron chi connectivity index (χ0n) is 50.0. The highest BCUT2D eigenvalue weighted by Gasteiger charge is 2.45. The topological polar surface area (TPSA) is 9.72 Å². The summed E-state index contributed by atoms with van der Waals surface area (Å²) in [4.78, 5) is 7.76. The minimum Gasteiger partial charge on any atom is -0.311 e. The molecule has 2 heterocycles. The zero-order chi connectivity index (χ0) is 56.4. The maximum Gasteiger partial charge on any atom is 0.252 e. The molecule has 10 aromatic carbocycles. The van der Waals surface area contributed by atoms with Crippen molar-refractivity contribution in [3.8, 4) is 11.1 Å². The van der Waals surface area contributed by atoms with Crippen LogP contribution in [-0.2, 0) is 27.1 Å².